The van der Waals surface area contributed by atoms with Crippen LogP contribution in [0.25, 0.3) is 22.1 Å². The van der Waals surface area contributed by atoms with Gasteiger partial charge in [0.15, 0.2) is 0 Å². The Morgan fingerprint density at radius 3 is 1.47 bits per heavy atom. The van der Waals surface area contributed by atoms with Gasteiger partial charge in [-0.05, 0) is 56.3 Å². The summed E-state index contributed by atoms with van der Waals surface area (Å²) in [7, 11) is 2.03. The maximum absolute atomic E-state index is 10.1. The first-order chi connectivity index (χ1) is 22.7. The lowest BCUT2D eigenvalue weighted by Gasteiger charge is -1.94. The van der Waals surface area contributed by atoms with Crippen molar-refractivity contribution in [3.63, 3.8) is 0 Å². The first-order valence-corrected chi connectivity index (χ1v) is 16.1. The number of nitro groups is 1. The fourth-order valence-corrected chi connectivity index (χ4v) is 3.51. The molecule has 0 fully saturated rings. The van der Waals surface area contributed by atoms with Crippen molar-refractivity contribution in [1.82, 2.24) is 19.5 Å². The van der Waals surface area contributed by atoms with Crippen LogP contribution < -0.4 is 17.2 Å². The minimum absolute atomic E-state index is 0.0394. The second-order valence-corrected chi connectivity index (χ2v) is 8.49. The molecule has 10 heteroatoms. The van der Waals surface area contributed by atoms with Crippen molar-refractivity contribution < 1.29 is 4.92 Å². The van der Waals surface area contributed by atoms with Gasteiger partial charge in [0.1, 0.15) is 17.3 Å². The third kappa shape index (κ3) is 15.5. The first-order valence-electron chi connectivity index (χ1n) is 16.1. The SMILES string of the molecule is CC.CC.CC.CC.Cc1nc2ccccc2[nH]1.Cc1nc2ccccc2n1C.Nc1ccccc1N.Nc1ccccc1[N+](=O)[O-]. The molecule has 2 heterocycles. The van der Waals surface area contributed by atoms with E-state index in [1.54, 1.807) is 24.3 Å². The van der Waals surface area contributed by atoms with Crippen LogP contribution in [0, 0.1) is 24.0 Å². The van der Waals surface area contributed by atoms with Crippen LogP contribution >= 0.6 is 0 Å². The second kappa shape index (κ2) is 25.9. The van der Waals surface area contributed by atoms with Gasteiger partial charge >= 0.3 is 0 Å². The number of aromatic nitrogens is 4. The number of para-hydroxylation sites is 8. The van der Waals surface area contributed by atoms with Crippen LogP contribution in [0.2, 0.25) is 0 Å². The summed E-state index contributed by atoms with van der Waals surface area (Å²) in [5.41, 5.74) is 22.0. The van der Waals surface area contributed by atoms with Crippen molar-refractivity contribution in [3.8, 4) is 0 Å². The van der Waals surface area contributed by atoms with E-state index in [1.165, 1.54) is 17.6 Å². The van der Waals surface area contributed by atoms with Crippen molar-refractivity contribution >= 4 is 44.8 Å². The normalized spacial score (nSPS) is 8.74. The molecule has 0 amide bonds. The van der Waals surface area contributed by atoms with Crippen LogP contribution in [0.15, 0.2) is 97.1 Å². The quantitative estimate of drug-likeness (QED) is 0.0784. The Bertz CT molecular complexity index is 1620. The molecule has 0 radical (unpaired) electrons. The zero-order chi connectivity index (χ0) is 36.4. The summed E-state index contributed by atoms with van der Waals surface area (Å²) in [5.74, 6) is 2.03. The highest BCUT2D eigenvalue weighted by Crippen LogP contribution is 2.18. The Kier molecular flexibility index (Phi) is 24.1. The van der Waals surface area contributed by atoms with E-state index in [9.17, 15) is 10.1 Å². The third-order valence-corrected chi connectivity index (χ3v) is 5.65. The number of benzene rings is 4. The fraction of sp³-hybridized carbons (Fsp3) is 0.297. The molecular formula is C37H56N8O2. The molecule has 0 saturated carbocycles. The van der Waals surface area contributed by atoms with Crippen LogP contribution in [-0.4, -0.2) is 24.4 Å². The molecule has 4 aromatic carbocycles. The van der Waals surface area contributed by atoms with Crippen LogP contribution in [-0.2, 0) is 7.05 Å². The van der Waals surface area contributed by atoms with Crippen molar-refractivity contribution in [3.05, 3.63) is 119 Å². The molecular weight excluding hydrogens is 588 g/mol. The summed E-state index contributed by atoms with van der Waals surface area (Å²) in [6.07, 6.45) is 0. The molecule has 0 unspecified atom stereocenters. The summed E-state index contributed by atoms with van der Waals surface area (Å²) < 4.78 is 2.09. The number of anilines is 3. The minimum Gasteiger partial charge on any atom is -0.397 e. The molecule has 6 aromatic rings. The molecule has 0 aliphatic carbocycles. The summed E-state index contributed by atoms with van der Waals surface area (Å²) in [6.45, 7) is 20.0. The van der Waals surface area contributed by atoms with E-state index in [-0.39, 0.29) is 11.4 Å². The number of nitrogens with two attached hydrogens (primary N) is 3. The van der Waals surface area contributed by atoms with Gasteiger partial charge < -0.3 is 26.8 Å². The maximum atomic E-state index is 10.1. The number of aryl methyl sites for hydroxylation is 3. The molecule has 0 aliphatic heterocycles. The zero-order valence-electron chi connectivity index (χ0n) is 30.1. The smallest absolute Gasteiger partial charge is 0.292 e. The largest absolute Gasteiger partial charge is 0.397 e. The molecule has 0 saturated heterocycles. The molecule has 0 atom stereocenters. The number of H-pyrrole nitrogens is 1. The molecule has 7 N–H and O–H groups in total. The van der Waals surface area contributed by atoms with Crippen molar-refractivity contribution in [1.29, 1.82) is 0 Å². The van der Waals surface area contributed by atoms with Gasteiger partial charge in [0.25, 0.3) is 5.69 Å². The van der Waals surface area contributed by atoms with E-state index < -0.39 is 4.92 Å². The Labute approximate surface area is 281 Å². The first kappa shape index (κ1) is 43.7. The topological polar surface area (TPSA) is 168 Å². The van der Waals surface area contributed by atoms with E-state index in [0.29, 0.717) is 11.4 Å². The lowest BCUT2D eigenvalue weighted by Crippen LogP contribution is -1.93. The van der Waals surface area contributed by atoms with E-state index >= 15 is 0 Å². The highest BCUT2D eigenvalue weighted by Gasteiger charge is 2.07. The van der Waals surface area contributed by atoms with Gasteiger partial charge in [0, 0.05) is 13.1 Å². The van der Waals surface area contributed by atoms with Gasteiger partial charge in [-0.15, -0.1) is 0 Å². The summed E-state index contributed by atoms with van der Waals surface area (Å²) in [4.78, 5) is 21.4. The average molecular weight is 645 g/mol. The number of imidazole rings is 2. The number of aromatic amines is 1. The molecule has 6 rings (SSSR count). The van der Waals surface area contributed by atoms with Crippen molar-refractivity contribution in [2.24, 2.45) is 7.05 Å². The van der Waals surface area contributed by atoms with Crippen molar-refractivity contribution in [2.45, 2.75) is 69.2 Å². The van der Waals surface area contributed by atoms with Crippen LogP contribution in [0.3, 0.4) is 0 Å². The number of rotatable bonds is 1. The Balaban J connectivity index is 0. The Morgan fingerprint density at radius 1 is 0.617 bits per heavy atom. The molecule has 256 valence electrons. The van der Waals surface area contributed by atoms with Gasteiger partial charge in [0.05, 0.1) is 38.4 Å². The van der Waals surface area contributed by atoms with E-state index in [0.717, 1.165) is 28.2 Å². The van der Waals surface area contributed by atoms with Crippen LogP contribution in [0.1, 0.15) is 67.0 Å². The number of hydrogen-bond donors (Lipinski definition) is 4. The monoisotopic (exact) mass is 644 g/mol. The highest BCUT2D eigenvalue weighted by atomic mass is 16.6. The van der Waals surface area contributed by atoms with Gasteiger partial charge in [-0.3, -0.25) is 10.1 Å². The number of nitrogens with zero attached hydrogens (tertiary/aromatic N) is 4. The van der Waals surface area contributed by atoms with E-state index in [1.807, 2.05) is 131 Å². The standard InChI is InChI=1S/C9H10N2.C8H8N2.C6H6N2O2.C6H8N2.4C2H6/c1-7-10-8-5-3-4-6-9(8)11(7)2;1-6-9-7-4-2-3-5-8(7)10-6;7-5-3-1-2-4-6(5)8(9)10;7-5-3-1-2-4-6(5)8;4*1-2/h3-6H,1-2H3;2-5H,1H3,(H,9,10);1-4H,7H2;1-4H,7-8H2;4*1-2H3. The Morgan fingerprint density at radius 2 is 1.04 bits per heavy atom. The maximum Gasteiger partial charge on any atom is 0.292 e. The lowest BCUT2D eigenvalue weighted by molar-refractivity contribution is -0.383. The van der Waals surface area contributed by atoms with Crippen LogP contribution in [0.5, 0.6) is 0 Å². The number of nitro benzene ring substituents is 1. The molecule has 47 heavy (non-hydrogen) atoms. The fourth-order valence-electron chi connectivity index (χ4n) is 3.51. The van der Waals surface area contributed by atoms with Crippen LogP contribution in [0.4, 0.5) is 22.7 Å². The van der Waals surface area contributed by atoms with Gasteiger partial charge in [-0.1, -0.05) is 104 Å². The highest BCUT2D eigenvalue weighted by molar-refractivity contribution is 5.76. The predicted molar refractivity (Wildman–Crippen MR) is 204 cm³/mol. The average Bonchev–Trinajstić information content (AvgIpc) is 3.64. The predicted octanol–water partition coefficient (Wildman–Crippen LogP) is 9.89. The van der Waals surface area contributed by atoms with Gasteiger partial charge in [0.2, 0.25) is 0 Å². The molecule has 0 spiro atoms. The molecule has 0 aliphatic rings. The van der Waals surface area contributed by atoms with E-state index in [2.05, 4.69) is 25.6 Å². The Hall–Kier alpha value is -5.38. The molecule has 2 aromatic heterocycles. The summed E-state index contributed by atoms with van der Waals surface area (Å²) in [6, 6.07) is 29.5. The molecule has 10 nitrogen and oxygen atoms in total. The van der Waals surface area contributed by atoms with Gasteiger partial charge in [-0.25, -0.2) is 9.97 Å². The third-order valence-electron chi connectivity index (χ3n) is 5.65. The minimum atomic E-state index is -0.505. The summed E-state index contributed by atoms with van der Waals surface area (Å²) in [5, 5.41) is 10.1. The number of nitrogens with one attached hydrogen (secondary N) is 1. The zero-order valence-corrected chi connectivity index (χ0v) is 30.1. The van der Waals surface area contributed by atoms with Crippen molar-refractivity contribution in [2.75, 3.05) is 17.2 Å². The number of hydrogen-bond acceptors (Lipinski definition) is 7. The van der Waals surface area contributed by atoms with E-state index in [4.69, 9.17) is 17.2 Å². The number of nitrogen functional groups attached to an aromatic ring is 3. The lowest BCUT2D eigenvalue weighted by atomic mass is 10.3. The number of fused-ring (bicyclic) bond motifs is 2. The molecule has 0 bridgehead atoms. The summed E-state index contributed by atoms with van der Waals surface area (Å²) >= 11 is 0. The van der Waals surface area contributed by atoms with Gasteiger partial charge in [-0.2, -0.15) is 0 Å². The second-order valence-electron chi connectivity index (χ2n) is 8.49.